The Morgan fingerprint density at radius 1 is 1.36 bits per heavy atom. The van der Waals surface area contributed by atoms with Gasteiger partial charge in [0.15, 0.2) is 0 Å². The lowest BCUT2D eigenvalue weighted by molar-refractivity contribution is -0.384. The maximum absolute atomic E-state index is 12.0. The van der Waals surface area contributed by atoms with Gasteiger partial charge in [0.25, 0.3) is 5.69 Å². The third-order valence-electron chi connectivity index (χ3n) is 2.90. The van der Waals surface area contributed by atoms with E-state index in [0.29, 0.717) is 18.7 Å². The molecular weight excluding hydrogens is 286 g/mol. The van der Waals surface area contributed by atoms with Crippen molar-refractivity contribution >= 4 is 23.6 Å². The van der Waals surface area contributed by atoms with Gasteiger partial charge in [0.05, 0.1) is 11.5 Å². The van der Waals surface area contributed by atoms with Crippen LogP contribution in [0.15, 0.2) is 30.3 Å². The van der Waals surface area contributed by atoms with Crippen molar-refractivity contribution < 1.29 is 14.5 Å². The first-order valence-electron chi connectivity index (χ1n) is 6.96. The molecule has 0 saturated heterocycles. The number of nitrogens with one attached hydrogen (secondary N) is 1. The first kappa shape index (κ1) is 17.4. The quantitative estimate of drug-likeness (QED) is 0.470. The highest BCUT2D eigenvalue weighted by molar-refractivity contribution is 5.94. The molecule has 7 heteroatoms. The highest BCUT2D eigenvalue weighted by Crippen LogP contribution is 2.14. The lowest BCUT2D eigenvalue weighted by Crippen LogP contribution is -2.39. The minimum atomic E-state index is -0.493. The summed E-state index contributed by atoms with van der Waals surface area (Å²) >= 11 is 0. The fourth-order valence-electron chi connectivity index (χ4n) is 1.79. The van der Waals surface area contributed by atoms with Crippen molar-refractivity contribution in [2.75, 3.05) is 19.6 Å². The van der Waals surface area contributed by atoms with Crippen molar-refractivity contribution in [2.45, 2.75) is 13.8 Å². The Morgan fingerprint density at radius 3 is 2.68 bits per heavy atom. The van der Waals surface area contributed by atoms with Crippen LogP contribution in [0.1, 0.15) is 19.4 Å². The minimum Gasteiger partial charge on any atom is -0.355 e. The molecule has 0 radical (unpaired) electrons. The first-order valence-corrected chi connectivity index (χ1v) is 6.96. The molecule has 0 aliphatic carbocycles. The number of nitro benzene ring substituents is 1. The van der Waals surface area contributed by atoms with E-state index in [9.17, 15) is 19.7 Å². The van der Waals surface area contributed by atoms with Crippen LogP contribution in [0, 0.1) is 10.1 Å². The van der Waals surface area contributed by atoms with Crippen molar-refractivity contribution in [3.05, 3.63) is 46.0 Å². The average Bonchev–Trinajstić information content (AvgIpc) is 2.50. The lowest BCUT2D eigenvalue weighted by atomic mass is 10.2. The second kappa shape index (κ2) is 8.56. The van der Waals surface area contributed by atoms with Crippen LogP contribution in [0.3, 0.4) is 0 Å². The zero-order valence-electron chi connectivity index (χ0n) is 12.6. The molecule has 0 aliphatic heterocycles. The molecule has 2 amide bonds. The SMILES string of the molecule is CCNC(=O)CN(CC)C(=O)/C=C/c1cccc([N+](=O)[O-])c1. The van der Waals surface area contributed by atoms with E-state index in [1.54, 1.807) is 26.0 Å². The molecule has 1 aromatic carbocycles. The zero-order valence-corrected chi connectivity index (χ0v) is 12.6. The summed E-state index contributed by atoms with van der Waals surface area (Å²) in [4.78, 5) is 35.1. The third kappa shape index (κ3) is 5.35. The van der Waals surface area contributed by atoms with Gasteiger partial charge in [-0.15, -0.1) is 0 Å². The third-order valence-corrected chi connectivity index (χ3v) is 2.90. The van der Waals surface area contributed by atoms with Crippen LogP contribution in [0.25, 0.3) is 6.08 Å². The van der Waals surface area contributed by atoms with E-state index in [1.807, 2.05) is 0 Å². The van der Waals surface area contributed by atoms with Crippen molar-refractivity contribution in [3.8, 4) is 0 Å². The molecule has 1 aromatic rings. The lowest BCUT2D eigenvalue weighted by Gasteiger charge is -2.18. The Bertz CT molecular complexity index is 584. The Hall–Kier alpha value is -2.70. The van der Waals surface area contributed by atoms with Crippen LogP contribution in [0.5, 0.6) is 0 Å². The number of nitrogens with zero attached hydrogens (tertiary/aromatic N) is 2. The van der Waals surface area contributed by atoms with Gasteiger partial charge in [0.1, 0.15) is 0 Å². The second-order valence-corrected chi connectivity index (χ2v) is 4.49. The molecule has 0 aromatic heterocycles. The van der Waals surface area contributed by atoms with Gasteiger partial charge >= 0.3 is 0 Å². The van der Waals surface area contributed by atoms with Crippen LogP contribution in [-0.2, 0) is 9.59 Å². The Kier molecular flexibility index (Phi) is 6.75. The Balaban J connectivity index is 2.74. The van der Waals surface area contributed by atoms with Gasteiger partial charge in [-0.3, -0.25) is 19.7 Å². The maximum Gasteiger partial charge on any atom is 0.270 e. The van der Waals surface area contributed by atoms with Crippen molar-refractivity contribution in [1.82, 2.24) is 10.2 Å². The molecule has 0 aliphatic rings. The summed E-state index contributed by atoms with van der Waals surface area (Å²) < 4.78 is 0. The molecule has 0 heterocycles. The Morgan fingerprint density at radius 2 is 2.09 bits per heavy atom. The van der Waals surface area contributed by atoms with Gasteiger partial charge in [-0.2, -0.15) is 0 Å². The smallest absolute Gasteiger partial charge is 0.270 e. The van der Waals surface area contributed by atoms with E-state index >= 15 is 0 Å². The van der Waals surface area contributed by atoms with E-state index in [0.717, 1.165) is 0 Å². The van der Waals surface area contributed by atoms with Crippen molar-refractivity contribution in [2.24, 2.45) is 0 Å². The van der Waals surface area contributed by atoms with Gasteiger partial charge in [-0.1, -0.05) is 12.1 Å². The van der Waals surface area contributed by atoms with Crippen LogP contribution in [0.2, 0.25) is 0 Å². The van der Waals surface area contributed by atoms with Crippen LogP contribution < -0.4 is 5.32 Å². The number of hydrogen-bond donors (Lipinski definition) is 1. The number of nitro groups is 1. The highest BCUT2D eigenvalue weighted by Gasteiger charge is 2.12. The highest BCUT2D eigenvalue weighted by atomic mass is 16.6. The van der Waals surface area contributed by atoms with E-state index in [-0.39, 0.29) is 24.0 Å². The second-order valence-electron chi connectivity index (χ2n) is 4.49. The summed E-state index contributed by atoms with van der Waals surface area (Å²) in [6.45, 7) is 4.47. The number of rotatable bonds is 7. The molecule has 1 N–H and O–H groups in total. The minimum absolute atomic E-state index is 0.0115. The fourth-order valence-corrected chi connectivity index (χ4v) is 1.79. The van der Waals surface area contributed by atoms with Gasteiger partial charge in [-0.25, -0.2) is 0 Å². The molecule has 22 heavy (non-hydrogen) atoms. The van der Waals surface area contributed by atoms with Gasteiger partial charge in [0.2, 0.25) is 11.8 Å². The Labute approximate surface area is 128 Å². The monoisotopic (exact) mass is 305 g/mol. The van der Waals surface area contributed by atoms with Gasteiger partial charge < -0.3 is 10.2 Å². The molecule has 0 saturated carbocycles. The fraction of sp³-hybridized carbons (Fsp3) is 0.333. The number of likely N-dealkylation sites (N-methyl/N-ethyl adjacent to an activating group) is 2. The summed E-state index contributed by atoms with van der Waals surface area (Å²) in [6, 6.07) is 5.97. The number of carbonyl (C=O) groups excluding carboxylic acids is 2. The standard InChI is InChI=1S/C15H19N3O4/c1-3-16-14(19)11-17(4-2)15(20)9-8-12-6-5-7-13(10-12)18(21)22/h5-10H,3-4,11H2,1-2H3,(H,16,19)/b9-8+. The van der Waals surface area contributed by atoms with Crippen molar-refractivity contribution in [3.63, 3.8) is 0 Å². The van der Waals surface area contributed by atoms with Crippen LogP contribution >= 0.6 is 0 Å². The predicted molar refractivity (Wildman–Crippen MR) is 83.1 cm³/mol. The van der Waals surface area contributed by atoms with Gasteiger partial charge in [0, 0.05) is 31.3 Å². The van der Waals surface area contributed by atoms with Crippen molar-refractivity contribution in [1.29, 1.82) is 0 Å². The molecule has 7 nitrogen and oxygen atoms in total. The molecule has 0 bridgehead atoms. The molecule has 0 fully saturated rings. The summed E-state index contributed by atoms with van der Waals surface area (Å²) in [6.07, 6.45) is 2.80. The van der Waals surface area contributed by atoms with Gasteiger partial charge in [-0.05, 0) is 25.5 Å². The molecular formula is C15H19N3O4. The number of benzene rings is 1. The van der Waals surface area contributed by atoms with E-state index < -0.39 is 4.92 Å². The van der Waals surface area contributed by atoms with E-state index in [2.05, 4.69) is 5.32 Å². The predicted octanol–water partition coefficient (Wildman–Crippen LogP) is 1.59. The summed E-state index contributed by atoms with van der Waals surface area (Å²) in [5.41, 5.74) is 0.515. The van der Waals surface area contributed by atoms with E-state index in [1.165, 1.54) is 29.2 Å². The average molecular weight is 305 g/mol. The first-order chi connectivity index (χ1) is 10.5. The van der Waals surface area contributed by atoms with E-state index in [4.69, 9.17) is 0 Å². The number of carbonyl (C=O) groups is 2. The molecule has 0 atom stereocenters. The van der Waals surface area contributed by atoms with Crippen LogP contribution in [-0.4, -0.2) is 41.3 Å². The summed E-state index contributed by atoms with van der Waals surface area (Å²) in [7, 11) is 0. The van der Waals surface area contributed by atoms with Crippen LogP contribution in [0.4, 0.5) is 5.69 Å². The molecule has 0 spiro atoms. The largest absolute Gasteiger partial charge is 0.355 e. The normalized spacial score (nSPS) is 10.5. The number of hydrogen-bond acceptors (Lipinski definition) is 4. The summed E-state index contributed by atoms with van der Waals surface area (Å²) in [5, 5.41) is 13.3. The molecule has 0 unspecified atom stereocenters. The number of non-ortho nitro benzene ring substituents is 1. The maximum atomic E-state index is 12.0. The zero-order chi connectivity index (χ0) is 16.5. The summed E-state index contributed by atoms with van der Waals surface area (Å²) in [5.74, 6) is -0.540. The topological polar surface area (TPSA) is 92.6 Å². The number of amides is 2. The molecule has 118 valence electrons. The molecule has 1 rings (SSSR count).